The standard InChI is InChI=1S/C13H24O7/c1-12(2-3-14)13(16)20-11-10-19-9-8-18-7-6-17-5-4-15/h14-15H,1-11H2. The molecule has 0 amide bonds. The van der Waals surface area contributed by atoms with Crippen LogP contribution in [0, 0.1) is 0 Å². The molecule has 2 N–H and O–H groups in total. The lowest BCUT2D eigenvalue weighted by Crippen LogP contribution is -2.15. The first-order valence-electron chi connectivity index (χ1n) is 6.52. The number of rotatable bonds is 14. The van der Waals surface area contributed by atoms with Gasteiger partial charge >= 0.3 is 5.97 Å². The second kappa shape index (κ2) is 14.4. The number of hydrogen-bond acceptors (Lipinski definition) is 7. The Morgan fingerprint density at radius 2 is 1.30 bits per heavy atom. The maximum Gasteiger partial charge on any atom is 0.333 e. The topological polar surface area (TPSA) is 94.5 Å². The molecule has 0 aliphatic rings. The molecule has 0 aromatic heterocycles. The Labute approximate surface area is 119 Å². The summed E-state index contributed by atoms with van der Waals surface area (Å²) in [4.78, 5) is 11.2. The number of esters is 1. The first-order valence-corrected chi connectivity index (χ1v) is 6.52. The minimum atomic E-state index is -0.514. The van der Waals surface area contributed by atoms with E-state index in [1.165, 1.54) is 0 Å². The molecule has 0 radical (unpaired) electrons. The van der Waals surface area contributed by atoms with Crippen molar-refractivity contribution in [3.05, 3.63) is 12.2 Å². The van der Waals surface area contributed by atoms with Gasteiger partial charge in [0.2, 0.25) is 0 Å². The molecule has 0 atom stereocenters. The van der Waals surface area contributed by atoms with Gasteiger partial charge in [0.1, 0.15) is 6.61 Å². The third-order valence-electron chi connectivity index (χ3n) is 2.14. The quantitative estimate of drug-likeness (QED) is 0.253. The van der Waals surface area contributed by atoms with E-state index in [-0.39, 0.29) is 38.4 Å². The molecule has 0 aliphatic carbocycles. The molecule has 0 spiro atoms. The molecule has 118 valence electrons. The van der Waals surface area contributed by atoms with Gasteiger partial charge in [0.25, 0.3) is 0 Å². The highest BCUT2D eigenvalue weighted by Crippen LogP contribution is 1.99. The molecule has 0 heterocycles. The molecule has 0 saturated carbocycles. The molecule has 7 heteroatoms. The number of aliphatic hydroxyl groups excluding tert-OH is 2. The summed E-state index contributed by atoms with van der Waals surface area (Å²) in [7, 11) is 0. The van der Waals surface area contributed by atoms with Crippen molar-refractivity contribution in [3.63, 3.8) is 0 Å². The van der Waals surface area contributed by atoms with Crippen LogP contribution in [0.1, 0.15) is 6.42 Å². The summed E-state index contributed by atoms with van der Waals surface area (Å²) >= 11 is 0. The fourth-order valence-electron chi connectivity index (χ4n) is 1.14. The number of ether oxygens (including phenoxy) is 4. The van der Waals surface area contributed by atoms with Gasteiger partial charge in [-0.05, 0) is 0 Å². The Kier molecular flexibility index (Phi) is 13.7. The number of carbonyl (C=O) groups is 1. The van der Waals surface area contributed by atoms with Crippen molar-refractivity contribution < 1.29 is 34.0 Å². The average molecular weight is 292 g/mol. The Morgan fingerprint density at radius 1 is 0.800 bits per heavy atom. The van der Waals surface area contributed by atoms with E-state index in [2.05, 4.69) is 6.58 Å². The van der Waals surface area contributed by atoms with Crippen molar-refractivity contribution >= 4 is 5.97 Å². The van der Waals surface area contributed by atoms with Crippen molar-refractivity contribution in [3.8, 4) is 0 Å². The summed E-state index contributed by atoms with van der Waals surface area (Å²) in [6.07, 6.45) is 0.214. The third-order valence-corrected chi connectivity index (χ3v) is 2.14. The van der Waals surface area contributed by atoms with Crippen LogP contribution in [-0.4, -0.2) is 75.6 Å². The van der Waals surface area contributed by atoms with Crippen molar-refractivity contribution in [1.29, 1.82) is 0 Å². The second-order valence-corrected chi connectivity index (χ2v) is 3.77. The van der Waals surface area contributed by atoms with Crippen molar-refractivity contribution in [2.24, 2.45) is 0 Å². The molecule has 0 aromatic carbocycles. The van der Waals surface area contributed by atoms with Crippen molar-refractivity contribution in [1.82, 2.24) is 0 Å². The van der Waals surface area contributed by atoms with Crippen molar-refractivity contribution in [2.45, 2.75) is 6.42 Å². The normalized spacial score (nSPS) is 10.5. The van der Waals surface area contributed by atoms with E-state index in [1.807, 2.05) is 0 Å². The Bertz CT molecular complexity index is 255. The van der Waals surface area contributed by atoms with Crippen LogP contribution in [0.15, 0.2) is 12.2 Å². The van der Waals surface area contributed by atoms with Gasteiger partial charge in [-0.1, -0.05) is 6.58 Å². The largest absolute Gasteiger partial charge is 0.460 e. The molecule has 0 aromatic rings. The monoisotopic (exact) mass is 292 g/mol. The summed E-state index contributed by atoms with van der Waals surface area (Å²) in [6, 6.07) is 0. The zero-order chi connectivity index (χ0) is 15.1. The highest BCUT2D eigenvalue weighted by Gasteiger charge is 2.06. The molecule has 0 saturated heterocycles. The summed E-state index contributed by atoms with van der Waals surface area (Å²) < 4.78 is 20.3. The lowest BCUT2D eigenvalue weighted by molar-refractivity contribution is -0.141. The van der Waals surface area contributed by atoms with E-state index in [4.69, 9.17) is 29.2 Å². The number of aliphatic hydroxyl groups is 2. The van der Waals surface area contributed by atoms with Crippen LogP contribution in [0.25, 0.3) is 0 Å². The lowest BCUT2D eigenvalue weighted by Gasteiger charge is -2.08. The van der Waals surface area contributed by atoms with Gasteiger partial charge in [-0.2, -0.15) is 0 Å². The fourth-order valence-corrected chi connectivity index (χ4v) is 1.14. The maximum absolute atomic E-state index is 11.2. The molecular weight excluding hydrogens is 268 g/mol. The highest BCUT2D eigenvalue weighted by atomic mass is 16.6. The van der Waals surface area contributed by atoms with Gasteiger partial charge < -0.3 is 29.2 Å². The molecule has 20 heavy (non-hydrogen) atoms. The smallest absolute Gasteiger partial charge is 0.333 e. The lowest BCUT2D eigenvalue weighted by atomic mass is 10.2. The molecule has 0 aliphatic heterocycles. The summed E-state index contributed by atoms with van der Waals surface area (Å²) in [5.41, 5.74) is 0.249. The molecule has 7 nitrogen and oxygen atoms in total. The summed E-state index contributed by atoms with van der Waals surface area (Å²) in [6.45, 7) is 5.81. The van der Waals surface area contributed by atoms with Gasteiger partial charge in [-0.3, -0.25) is 0 Å². The predicted octanol–water partition coefficient (Wildman–Crippen LogP) is -0.490. The number of carbonyl (C=O) groups excluding carboxylic acids is 1. The van der Waals surface area contributed by atoms with Crippen LogP contribution in [-0.2, 0) is 23.7 Å². The van der Waals surface area contributed by atoms with E-state index in [0.29, 0.717) is 33.0 Å². The third kappa shape index (κ3) is 12.1. The van der Waals surface area contributed by atoms with E-state index in [9.17, 15) is 4.79 Å². The fraction of sp³-hybridized carbons (Fsp3) is 0.769. The summed E-state index contributed by atoms with van der Waals surface area (Å²) in [5.74, 6) is -0.514. The summed E-state index contributed by atoms with van der Waals surface area (Å²) in [5, 5.41) is 17.1. The minimum absolute atomic E-state index is 0.00651. The van der Waals surface area contributed by atoms with Gasteiger partial charge in [0.15, 0.2) is 0 Å². The minimum Gasteiger partial charge on any atom is -0.460 e. The van der Waals surface area contributed by atoms with E-state index >= 15 is 0 Å². The molecule has 0 bridgehead atoms. The maximum atomic E-state index is 11.2. The van der Waals surface area contributed by atoms with Crippen LogP contribution < -0.4 is 0 Å². The van der Waals surface area contributed by atoms with Crippen LogP contribution in [0.4, 0.5) is 0 Å². The Hall–Kier alpha value is -0.990. The molecule has 0 unspecified atom stereocenters. The van der Waals surface area contributed by atoms with E-state index in [1.54, 1.807) is 0 Å². The van der Waals surface area contributed by atoms with Gasteiger partial charge in [0, 0.05) is 18.6 Å². The highest BCUT2D eigenvalue weighted by molar-refractivity contribution is 5.87. The zero-order valence-corrected chi connectivity index (χ0v) is 11.7. The predicted molar refractivity (Wildman–Crippen MR) is 71.3 cm³/mol. The molecule has 0 rings (SSSR count). The van der Waals surface area contributed by atoms with Gasteiger partial charge in [0.05, 0.1) is 46.2 Å². The Balaban J connectivity index is 3.20. The van der Waals surface area contributed by atoms with Crippen LogP contribution in [0.5, 0.6) is 0 Å². The zero-order valence-electron chi connectivity index (χ0n) is 11.7. The van der Waals surface area contributed by atoms with Gasteiger partial charge in [-0.15, -0.1) is 0 Å². The van der Waals surface area contributed by atoms with E-state index < -0.39 is 5.97 Å². The molecule has 0 fully saturated rings. The van der Waals surface area contributed by atoms with Crippen LogP contribution in [0.2, 0.25) is 0 Å². The second-order valence-electron chi connectivity index (χ2n) is 3.77. The Morgan fingerprint density at radius 3 is 1.80 bits per heavy atom. The SMILES string of the molecule is C=C(CCO)C(=O)OCCOCCOCCOCCO. The van der Waals surface area contributed by atoms with Crippen LogP contribution >= 0.6 is 0 Å². The average Bonchev–Trinajstić information content (AvgIpc) is 2.44. The van der Waals surface area contributed by atoms with Crippen molar-refractivity contribution in [2.75, 3.05) is 59.5 Å². The first kappa shape index (κ1) is 19.0. The first-order chi connectivity index (χ1) is 9.72. The van der Waals surface area contributed by atoms with Gasteiger partial charge in [-0.25, -0.2) is 4.79 Å². The van der Waals surface area contributed by atoms with E-state index in [0.717, 1.165) is 0 Å². The molecular formula is C13H24O7. The number of hydrogen-bond donors (Lipinski definition) is 2. The van der Waals surface area contributed by atoms with Crippen LogP contribution in [0.3, 0.4) is 0 Å².